The molecule has 20 heteroatoms. The number of phenols is 4. The topological polar surface area (TPSA) is 259 Å². The molecule has 0 saturated carbocycles. The fraction of sp³-hybridized carbons (Fsp3) is 0.300. The first-order valence-electron chi connectivity index (χ1n) is 40.2. The summed E-state index contributed by atoms with van der Waals surface area (Å²) in [6.07, 6.45) is 14.4. The fourth-order valence-corrected chi connectivity index (χ4v) is 14.0. The third-order valence-corrected chi connectivity index (χ3v) is 21.3. The van der Waals surface area contributed by atoms with Gasteiger partial charge in [-0.2, -0.15) is 0 Å². The van der Waals surface area contributed by atoms with E-state index < -0.39 is 11.9 Å². The molecule has 631 valence electrons. The summed E-state index contributed by atoms with van der Waals surface area (Å²) in [5.41, 5.74) is 16.9. The SMILES string of the molecule is CC(C)(C)c1cc(-c2ccccn2)c(O)c(-c2ccc3ccc4ccc(-c5cc(C(C)(C)C)cc(-c6ccccn6)c5O)nc4c3n2)c1.CC(C)(C)c1cc(-c2ccccn2)c(O)c(-c2ccc3ccc4ccc(-c5cc(C(C)(C)C)cc(-c6ccccn6)c5O)nc4c3n2)c1.CCCCC(CC)C(=O)O.CCCCC(CC)C(=O)O.F.[Co].[Co].[Co]. The van der Waals surface area contributed by atoms with Gasteiger partial charge in [-0.25, -0.2) is 19.9 Å². The molecule has 0 bridgehead atoms. The number of phenolic OH excluding ortho intramolecular Hbond substituents is 4. The Balaban J connectivity index is 0.000000262. The third kappa shape index (κ3) is 22.6. The van der Waals surface area contributed by atoms with E-state index in [0.717, 1.165) is 95.2 Å². The van der Waals surface area contributed by atoms with E-state index in [9.17, 15) is 30.0 Å². The first-order chi connectivity index (χ1) is 55.2. The van der Waals surface area contributed by atoms with Crippen molar-refractivity contribution in [2.75, 3.05) is 0 Å². The van der Waals surface area contributed by atoms with Crippen LogP contribution in [0.3, 0.4) is 0 Å². The van der Waals surface area contributed by atoms with Crippen molar-refractivity contribution in [1.82, 2.24) is 39.9 Å². The first-order valence-corrected chi connectivity index (χ1v) is 40.2. The summed E-state index contributed by atoms with van der Waals surface area (Å²) in [5.74, 6) is -0.976. The molecule has 8 heterocycles. The van der Waals surface area contributed by atoms with Crippen molar-refractivity contribution in [3.05, 3.63) is 241 Å². The number of benzene rings is 6. The average Bonchev–Trinajstić information content (AvgIpc) is 0.757. The minimum atomic E-state index is -0.643. The summed E-state index contributed by atoms with van der Waals surface area (Å²) in [5, 5.41) is 67.6. The standard InChI is InChI=1S/2C42H38N4O2.2C8H16O2.3Co.FH/c2*1-41(2,3)27-21-29(33-11-7-9-19-43-33)39(47)31(23-27)35-17-15-25-13-14-26-16-18-36(46-38(26)37(25)45-35)32-24-28(42(4,5)6)22-30(40(32)48)34-12-8-10-20-44-34;2*1-3-5-6-7(4-2)8(9)10;;;;/h2*7-24,47-48H,1-6H3;2*7H,3-6H2,1-2H3,(H,9,10);;;;1H. The number of fused-ring (bicyclic) bond motifs is 6. The largest absolute Gasteiger partial charge is 0.507 e. The zero-order valence-corrected chi connectivity index (χ0v) is 74.2. The van der Waals surface area contributed by atoms with Gasteiger partial charge in [0, 0.05) is 141 Å². The van der Waals surface area contributed by atoms with E-state index in [1.165, 1.54) is 0 Å². The van der Waals surface area contributed by atoms with Gasteiger partial charge in [-0.1, -0.05) is 209 Å². The average molecular weight is 1750 g/mol. The number of pyridine rings is 8. The fourth-order valence-electron chi connectivity index (χ4n) is 14.0. The number of carboxylic acids is 2. The number of halogens is 1. The molecule has 0 aliphatic heterocycles. The molecule has 0 saturated heterocycles. The Hall–Kier alpha value is -10.9. The van der Waals surface area contributed by atoms with Gasteiger partial charge in [-0.05, 0) is 191 Å². The molecular weight excluding hydrogens is 1640 g/mol. The van der Waals surface area contributed by atoms with Crippen LogP contribution in [0.4, 0.5) is 4.70 Å². The molecule has 120 heavy (non-hydrogen) atoms. The Morgan fingerprint density at radius 1 is 0.300 bits per heavy atom. The Labute approximate surface area is 735 Å². The van der Waals surface area contributed by atoms with E-state index >= 15 is 0 Å². The zero-order valence-electron chi connectivity index (χ0n) is 71.1. The minimum Gasteiger partial charge on any atom is -0.507 e. The number of aliphatic carboxylic acids is 2. The smallest absolute Gasteiger partial charge is 0.306 e. The van der Waals surface area contributed by atoms with Crippen molar-refractivity contribution in [1.29, 1.82) is 0 Å². The zero-order chi connectivity index (χ0) is 83.6. The number of hydrogen-bond acceptors (Lipinski definition) is 14. The number of carboxylic acid groups (broad SMARTS) is 2. The molecule has 6 N–H and O–H groups in total. The molecular formula is C100H109Co3FN8O8. The van der Waals surface area contributed by atoms with E-state index in [-0.39, 0.29) is 112 Å². The Morgan fingerprint density at radius 3 is 0.650 bits per heavy atom. The van der Waals surface area contributed by atoms with Gasteiger partial charge >= 0.3 is 11.9 Å². The molecule has 14 aromatic rings. The molecule has 0 amide bonds. The van der Waals surface area contributed by atoms with Gasteiger partial charge in [0.05, 0.1) is 79.5 Å². The molecule has 3 radical (unpaired) electrons. The maximum atomic E-state index is 11.7. The molecule has 0 aliphatic carbocycles. The van der Waals surface area contributed by atoms with Crippen LogP contribution < -0.4 is 0 Å². The molecule has 0 aliphatic rings. The summed E-state index contributed by atoms with van der Waals surface area (Å²) in [6, 6.07) is 62.9. The van der Waals surface area contributed by atoms with Crippen LogP contribution in [0.2, 0.25) is 0 Å². The quantitative estimate of drug-likeness (QED) is 0.0436. The van der Waals surface area contributed by atoms with E-state index in [2.05, 4.69) is 117 Å². The number of carbonyl (C=O) groups is 2. The van der Waals surface area contributed by atoms with E-state index in [0.29, 0.717) is 112 Å². The predicted molar refractivity (Wildman–Crippen MR) is 475 cm³/mol. The van der Waals surface area contributed by atoms with Gasteiger partial charge in [0.1, 0.15) is 23.0 Å². The second-order valence-electron chi connectivity index (χ2n) is 33.9. The molecule has 6 aromatic carbocycles. The Bertz CT molecular complexity index is 5170. The molecule has 16 nitrogen and oxygen atoms in total. The van der Waals surface area contributed by atoms with Crippen molar-refractivity contribution in [3.8, 4) is 113 Å². The summed E-state index contributed by atoms with van der Waals surface area (Å²) in [4.78, 5) is 59.6. The van der Waals surface area contributed by atoms with Gasteiger partial charge in [-0.3, -0.25) is 34.2 Å². The van der Waals surface area contributed by atoms with E-state index in [4.69, 9.17) is 30.1 Å². The number of aromatic hydroxyl groups is 4. The van der Waals surface area contributed by atoms with E-state index in [1.54, 1.807) is 24.8 Å². The second kappa shape index (κ2) is 41.4. The van der Waals surface area contributed by atoms with Crippen LogP contribution in [0.15, 0.2) is 219 Å². The van der Waals surface area contributed by atoms with Crippen molar-refractivity contribution < 1.29 is 95.3 Å². The van der Waals surface area contributed by atoms with Crippen LogP contribution >= 0.6 is 0 Å². The van der Waals surface area contributed by atoms with E-state index in [1.807, 2.05) is 208 Å². The minimum absolute atomic E-state index is 0. The summed E-state index contributed by atoms with van der Waals surface area (Å²) < 4.78 is 0. The Morgan fingerprint density at radius 2 is 0.492 bits per heavy atom. The molecule has 8 aromatic heterocycles. The Kier molecular flexibility index (Phi) is 33.2. The van der Waals surface area contributed by atoms with Crippen LogP contribution in [-0.2, 0) is 81.6 Å². The summed E-state index contributed by atoms with van der Waals surface area (Å²) in [6.45, 7) is 33.9. The number of rotatable bonds is 18. The molecule has 0 spiro atoms. The monoisotopic (exact) mass is 1750 g/mol. The van der Waals surface area contributed by atoms with Crippen molar-refractivity contribution >= 4 is 55.6 Å². The molecule has 0 fully saturated rings. The third-order valence-electron chi connectivity index (χ3n) is 21.3. The number of unbranched alkanes of at least 4 members (excludes halogenated alkanes) is 2. The van der Waals surface area contributed by atoms with Crippen LogP contribution in [0, 0.1) is 11.8 Å². The number of hydrogen-bond donors (Lipinski definition) is 6. The molecule has 2 unspecified atom stereocenters. The summed E-state index contributed by atoms with van der Waals surface area (Å²) in [7, 11) is 0. The van der Waals surface area contributed by atoms with Crippen molar-refractivity contribution in [2.24, 2.45) is 11.8 Å². The maximum absolute atomic E-state index is 11.7. The van der Waals surface area contributed by atoms with Crippen LogP contribution in [0.5, 0.6) is 23.0 Å². The molecule has 2 atom stereocenters. The van der Waals surface area contributed by atoms with Crippen molar-refractivity contribution in [2.45, 2.75) is 184 Å². The predicted octanol–water partition coefficient (Wildman–Crippen LogP) is 25.2. The van der Waals surface area contributed by atoms with Crippen LogP contribution in [0.1, 0.15) is 184 Å². The van der Waals surface area contributed by atoms with Gasteiger partial charge in [0.15, 0.2) is 0 Å². The maximum Gasteiger partial charge on any atom is 0.306 e. The summed E-state index contributed by atoms with van der Waals surface area (Å²) >= 11 is 0. The number of aromatic nitrogens is 8. The van der Waals surface area contributed by atoms with Gasteiger partial charge < -0.3 is 30.6 Å². The first kappa shape index (κ1) is 96.3. The number of nitrogens with zero attached hydrogens (tertiary/aromatic N) is 8. The van der Waals surface area contributed by atoms with Gasteiger partial charge in [0.2, 0.25) is 0 Å². The van der Waals surface area contributed by atoms with Crippen LogP contribution in [0.25, 0.3) is 134 Å². The normalized spacial score (nSPS) is 11.9. The van der Waals surface area contributed by atoms with Crippen molar-refractivity contribution in [3.63, 3.8) is 0 Å². The second-order valence-corrected chi connectivity index (χ2v) is 33.9. The molecule has 14 rings (SSSR count). The van der Waals surface area contributed by atoms with Crippen LogP contribution in [-0.4, -0.2) is 82.4 Å². The van der Waals surface area contributed by atoms with Gasteiger partial charge in [-0.15, -0.1) is 0 Å². The van der Waals surface area contributed by atoms with Gasteiger partial charge in [0.25, 0.3) is 0 Å².